The van der Waals surface area contributed by atoms with Gasteiger partial charge in [-0.1, -0.05) is 6.92 Å². The minimum Gasteiger partial charge on any atom is -0.378 e. The highest BCUT2D eigenvalue weighted by Gasteiger charge is 2.29. The van der Waals surface area contributed by atoms with Crippen LogP contribution in [0.5, 0.6) is 0 Å². The van der Waals surface area contributed by atoms with Crippen LogP contribution in [0.25, 0.3) is 0 Å². The van der Waals surface area contributed by atoms with Crippen LogP contribution in [-0.2, 0) is 4.74 Å². The second-order valence-electron chi connectivity index (χ2n) is 6.07. The van der Waals surface area contributed by atoms with Crippen molar-refractivity contribution in [2.24, 2.45) is 11.8 Å². The summed E-state index contributed by atoms with van der Waals surface area (Å²) < 4.78 is 5.75. The van der Waals surface area contributed by atoms with Gasteiger partial charge in [0.05, 0.1) is 6.10 Å². The minimum absolute atomic E-state index is 0.370. The van der Waals surface area contributed by atoms with Crippen LogP contribution in [0.15, 0.2) is 0 Å². The fourth-order valence-corrected chi connectivity index (χ4v) is 2.98. The van der Waals surface area contributed by atoms with Gasteiger partial charge in [0.15, 0.2) is 0 Å². The summed E-state index contributed by atoms with van der Waals surface area (Å²) in [4.78, 5) is 9.21. The highest BCUT2D eigenvalue weighted by molar-refractivity contribution is 5.57. The molecule has 2 fully saturated rings. The zero-order valence-electron chi connectivity index (χ0n) is 12.9. The molecule has 2 unspecified atom stereocenters. The maximum Gasteiger partial charge on any atom is 0.148 e. The molecule has 1 saturated heterocycles. The normalized spacial score (nSPS) is 25.1. The molecule has 0 amide bonds. The van der Waals surface area contributed by atoms with Gasteiger partial charge in [-0.3, -0.25) is 0 Å². The van der Waals surface area contributed by atoms with Crippen molar-refractivity contribution in [3.8, 4) is 0 Å². The minimum atomic E-state index is 0.370. The van der Waals surface area contributed by atoms with Crippen molar-refractivity contribution in [2.75, 3.05) is 23.9 Å². The lowest BCUT2D eigenvalue weighted by Crippen LogP contribution is -2.24. The van der Waals surface area contributed by atoms with Gasteiger partial charge in [0.2, 0.25) is 0 Å². The molecule has 0 aromatic carbocycles. The van der Waals surface area contributed by atoms with E-state index in [1.807, 2.05) is 6.92 Å². The van der Waals surface area contributed by atoms with Gasteiger partial charge in [-0.15, -0.1) is 0 Å². The number of nitrogens with one attached hydrogen (secondary N) is 2. The molecular formula is C15H25N5O. The summed E-state index contributed by atoms with van der Waals surface area (Å²) >= 11 is 0. The predicted molar refractivity (Wildman–Crippen MR) is 83.2 cm³/mol. The molecule has 3 rings (SSSR count). The first-order chi connectivity index (χ1) is 10.2. The van der Waals surface area contributed by atoms with Crippen LogP contribution < -0.4 is 16.6 Å². The molecule has 116 valence electrons. The zero-order valence-corrected chi connectivity index (χ0v) is 12.9. The Morgan fingerprint density at radius 2 is 2.00 bits per heavy atom. The third-order valence-electron chi connectivity index (χ3n) is 4.52. The maximum atomic E-state index is 5.75. The molecule has 1 aromatic rings. The van der Waals surface area contributed by atoms with Crippen molar-refractivity contribution in [1.82, 2.24) is 9.97 Å². The lowest BCUT2D eigenvalue weighted by atomic mass is 10.00. The summed E-state index contributed by atoms with van der Waals surface area (Å²) in [6, 6.07) is 0. The third kappa shape index (κ3) is 3.11. The Hall–Kier alpha value is -1.40. The van der Waals surface area contributed by atoms with Gasteiger partial charge in [-0.05, 0) is 32.6 Å². The van der Waals surface area contributed by atoms with E-state index in [0.29, 0.717) is 17.9 Å². The Morgan fingerprint density at radius 1 is 1.24 bits per heavy atom. The SMILES string of the molecule is CCC1OCCC1CNc1nc(C2CC2)nc(NN)c1C. The smallest absolute Gasteiger partial charge is 0.148 e. The summed E-state index contributed by atoms with van der Waals surface area (Å²) in [5, 5.41) is 3.49. The molecule has 1 aromatic heterocycles. The monoisotopic (exact) mass is 291 g/mol. The first-order valence-corrected chi connectivity index (χ1v) is 7.93. The molecule has 21 heavy (non-hydrogen) atoms. The van der Waals surface area contributed by atoms with E-state index in [2.05, 4.69) is 22.7 Å². The topological polar surface area (TPSA) is 85.1 Å². The van der Waals surface area contributed by atoms with Gasteiger partial charge >= 0.3 is 0 Å². The van der Waals surface area contributed by atoms with Gasteiger partial charge in [-0.2, -0.15) is 0 Å². The highest BCUT2D eigenvalue weighted by Crippen LogP contribution is 2.39. The van der Waals surface area contributed by atoms with E-state index in [1.165, 1.54) is 12.8 Å². The Labute approximate surface area is 125 Å². The predicted octanol–water partition coefficient (Wildman–Crippen LogP) is 2.18. The van der Waals surface area contributed by atoms with E-state index in [9.17, 15) is 0 Å². The highest BCUT2D eigenvalue weighted by atomic mass is 16.5. The van der Waals surface area contributed by atoms with Gasteiger partial charge in [0, 0.05) is 30.6 Å². The van der Waals surface area contributed by atoms with Crippen LogP contribution >= 0.6 is 0 Å². The molecule has 2 atom stereocenters. The Bertz CT molecular complexity index is 503. The van der Waals surface area contributed by atoms with Crippen molar-refractivity contribution >= 4 is 11.6 Å². The number of ether oxygens (including phenoxy) is 1. The number of nitrogens with zero attached hydrogens (tertiary/aromatic N) is 2. The second kappa shape index (κ2) is 6.15. The van der Waals surface area contributed by atoms with Crippen LogP contribution in [0, 0.1) is 12.8 Å². The quantitative estimate of drug-likeness (QED) is 0.550. The van der Waals surface area contributed by atoms with Crippen LogP contribution in [-0.4, -0.2) is 29.2 Å². The largest absolute Gasteiger partial charge is 0.378 e. The lowest BCUT2D eigenvalue weighted by Gasteiger charge is -2.19. The van der Waals surface area contributed by atoms with Crippen LogP contribution in [0.2, 0.25) is 0 Å². The van der Waals surface area contributed by atoms with Crippen molar-refractivity contribution in [1.29, 1.82) is 0 Å². The molecule has 1 saturated carbocycles. The number of hydrogen-bond acceptors (Lipinski definition) is 6. The number of hydrazine groups is 1. The molecule has 6 nitrogen and oxygen atoms in total. The third-order valence-corrected chi connectivity index (χ3v) is 4.52. The van der Waals surface area contributed by atoms with Crippen molar-refractivity contribution in [3.63, 3.8) is 0 Å². The van der Waals surface area contributed by atoms with Crippen LogP contribution in [0.4, 0.5) is 11.6 Å². The van der Waals surface area contributed by atoms with Crippen molar-refractivity contribution in [2.45, 2.75) is 51.6 Å². The zero-order chi connectivity index (χ0) is 14.8. The number of nitrogens with two attached hydrogens (primary N) is 1. The average Bonchev–Trinajstić information content (AvgIpc) is 3.25. The summed E-state index contributed by atoms with van der Waals surface area (Å²) in [5.41, 5.74) is 3.67. The van der Waals surface area contributed by atoms with Crippen molar-refractivity contribution in [3.05, 3.63) is 11.4 Å². The molecule has 0 radical (unpaired) electrons. The maximum absolute atomic E-state index is 5.75. The van der Waals surface area contributed by atoms with Gasteiger partial charge in [-0.25, -0.2) is 15.8 Å². The van der Waals surface area contributed by atoms with E-state index in [0.717, 1.165) is 49.0 Å². The average molecular weight is 291 g/mol. The standard InChI is InChI=1S/C15H25N5O/c1-3-12-11(6-7-21-12)8-17-13-9(2)14(20-16)19-15(18-13)10-4-5-10/h10-12H,3-8,16H2,1-2H3,(H2,17,18,19,20). The molecule has 1 aliphatic carbocycles. The Balaban J connectivity index is 1.73. The first kappa shape index (κ1) is 14.5. The fourth-order valence-electron chi connectivity index (χ4n) is 2.98. The second-order valence-corrected chi connectivity index (χ2v) is 6.07. The Morgan fingerprint density at radius 3 is 2.67 bits per heavy atom. The molecule has 6 heteroatoms. The summed E-state index contributed by atoms with van der Waals surface area (Å²) in [6.45, 7) is 5.94. The number of anilines is 2. The van der Waals surface area contributed by atoms with Crippen LogP contribution in [0.3, 0.4) is 0 Å². The molecule has 2 heterocycles. The number of rotatable bonds is 6. The van der Waals surface area contributed by atoms with E-state index in [1.54, 1.807) is 0 Å². The molecule has 4 N–H and O–H groups in total. The summed E-state index contributed by atoms with van der Waals surface area (Å²) in [7, 11) is 0. The van der Waals surface area contributed by atoms with E-state index in [4.69, 9.17) is 15.6 Å². The first-order valence-electron chi connectivity index (χ1n) is 7.93. The summed E-state index contributed by atoms with van der Waals surface area (Å²) in [6.07, 6.45) is 4.92. The van der Waals surface area contributed by atoms with Gasteiger partial charge in [0.1, 0.15) is 17.5 Å². The number of nitrogen functional groups attached to an aromatic ring is 1. The number of hydrogen-bond donors (Lipinski definition) is 3. The van der Waals surface area contributed by atoms with Gasteiger partial charge in [0.25, 0.3) is 0 Å². The molecule has 0 spiro atoms. The molecule has 1 aliphatic heterocycles. The number of aromatic nitrogens is 2. The van der Waals surface area contributed by atoms with Crippen molar-refractivity contribution < 1.29 is 4.74 Å². The summed E-state index contributed by atoms with van der Waals surface area (Å²) in [5.74, 6) is 9.19. The van der Waals surface area contributed by atoms with Crippen LogP contribution in [0.1, 0.15) is 49.9 Å². The van der Waals surface area contributed by atoms with E-state index < -0.39 is 0 Å². The van der Waals surface area contributed by atoms with E-state index >= 15 is 0 Å². The van der Waals surface area contributed by atoms with Gasteiger partial charge < -0.3 is 15.5 Å². The fraction of sp³-hybridized carbons (Fsp3) is 0.733. The lowest BCUT2D eigenvalue weighted by molar-refractivity contribution is 0.0900. The molecular weight excluding hydrogens is 266 g/mol. The molecule has 0 bridgehead atoms. The molecule has 2 aliphatic rings. The van der Waals surface area contributed by atoms with E-state index in [-0.39, 0.29) is 0 Å². The Kier molecular flexibility index (Phi) is 4.26.